The van der Waals surface area contributed by atoms with Crippen LogP contribution in [0.25, 0.3) is 0 Å². The minimum Gasteiger partial charge on any atom is -0.504 e. The lowest BCUT2D eigenvalue weighted by Gasteiger charge is -2.20. The lowest BCUT2D eigenvalue weighted by Crippen LogP contribution is -2.10. The molecule has 0 spiro atoms. The van der Waals surface area contributed by atoms with Crippen molar-refractivity contribution < 1.29 is 28.8 Å². The van der Waals surface area contributed by atoms with Crippen LogP contribution in [0.5, 0.6) is 28.7 Å². The van der Waals surface area contributed by atoms with Crippen LogP contribution in [0.4, 0.5) is 0 Å². The molecule has 2 aromatic rings. The SMILES string of the molecule is COc1cc([C@H]2O[C@@H](c3cc(OC)c(OC)c(OC)c3)[C@H](C)[C@@H]2C)ccc1O. The van der Waals surface area contributed by atoms with Crippen LogP contribution >= 0.6 is 0 Å². The standard InChI is InChI=1S/C22H28O6/c1-12-13(2)21(15-10-18(25-4)22(27-6)19(11-15)26-5)28-20(12)14-7-8-16(23)17(9-14)24-3/h7-13,20-21,23H,1-6H3/t12-,13+,20-,21+/m0/s1. The van der Waals surface area contributed by atoms with Gasteiger partial charge in [0.1, 0.15) is 0 Å². The first kappa shape index (κ1) is 20.1. The van der Waals surface area contributed by atoms with Crippen molar-refractivity contribution in [2.45, 2.75) is 26.1 Å². The molecule has 1 aliphatic rings. The van der Waals surface area contributed by atoms with Crippen molar-refractivity contribution in [3.8, 4) is 28.7 Å². The van der Waals surface area contributed by atoms with E-state index >= 15 is 0 Å². The molecule has 0 bridgehead atoms. The Balaban J connectivity index is 1.97. The first-order valence-corrected chi connectivity index (χ1v) is 9.27. The third kappa shape index (κ3) is 3.44. The summed E-state index contributed by atoms with van der Waals surface area (Å²) in [7, 11) is 6.34. The molecule has 0 saturated carbocycles. The van der Waals surface area contributed by atoms with Crippen LogP contribution in [0.1, 0.15) is 37.2 Å². The molecule has 6 heteroatoms. The Hall–Kier alpha value is -2.60. The number of phenols is 1. The zero-order chi connectivity index (χ0) is 20.4. The molecule has 3 rings (SSSR count). The number of aromatic hydroxyl groups is 1. The van der Waals surface area contributed by atoms with Gasteiger partial charge in [0.25, 0.3) is 0 Å². The minimum absolute atomic E-state index is 0.117. The molecular formula is C22H28O6. The molecule has 0 unspecified atom stereocenters. The Morgan fingerprint density at radius 2 is 1.21 bits per heavy atom. The van der Waals surface area contributed by atoms with Gasteiger partial charge in [0.2, 0.25) is 5.75 Å². The predicted octanol–water partition coefficient (Wildman–Crippen LogP) is 4.51. The van der Waals surface area contributed by atoms with Crippen LogP contribution in [-0.4, -0.2) is 33.5 Å². The fraction of sp³-hybridized carbons (Fsp3) is 0.455. The highest BCUT2D eigenvalue weighted by Crippen LogP contribution is 2.51. The lowest BCUT2D eigenvalue weighted by atomic mass is 9.85. The van der Waals surface area contributed by atoms with Gasteiger partial charge in [-0.1, -0.05) is 19.9 Å². The van der Waals surface area contributed by atoms with Gasteiger partial charge in [-0.2, -0.15) is 0 Å². The van der Waals surface area contributed by atoms with Crippen LogP contribution in [0.15, 0.2) is 30.3 Å². The minimum atomic E-state index is -0.131. The Kier molecular flexibility index (Phi) is 5.89. The summed E-state index contributed by atoms with van der Waals surface area (Å²) in [5.74, 6) is 2.85. The number of rotatable bonds is 6. The maximum absolute atomic E-state index is 9.88. The van der Waals surface area contributed by atoms with E-state index in [0.29, 0.717) is 23.0 Å². The second-order valence-corrected chi connectivity index (χ2v) is 7.09. The van der Waals surface area contributed by atoms with E-state index in [1.54, 1.807) is 34.5 Å². The summed E-state index contributed by atoms with van der Waals surface area (Å²) in [6.07, 6.45) is -0.248. The number of hydrogen-bond donors (Lipinski definition) is 1. The van der Waals surface area contributed by atoms with E-state index in [0.717, 1.165) is 11.1 Å². The summed E-state index contributed by atoms with van der Waals surface area (Å²) in [4.78, 5) is 0. The van der Waals surface area contributed by atoms with Gasteiger partial charge in [0.05, 0.1) is 40.6 Å². The third-order valence-corrected chi connectivity index (χ3v) is 5.63. The summed E-state index contributed by atoms with van der Waals surface area (Å²) in [5, 5.41) is 9.88. The van der Waals surface area contributed by atoms with E-state index in [-0.39, 0.29) is 29.8 Å². The fourth-order valence-corrected chi connectivity index (χ4v) is 3.86. The Bertz CT molecular complexity index is 809. The highest BCUT2D eigenvalue weighted by molar-refractivity contribution is 5.54. The number of benzene rings is 2. The van der Waals surface area contributed by atoms with Crippen molar-refractivity contribution in [3.63, 3.8) is 0 Å². The zero-order valence-corrected chi connectivity index (χ0v) is 17.2. The normalized spacial score (nSPS) is 24.1. The quantitative estimate of drug-likeness (QED) is 0.785. The van der Waals surface area contributed by atoms with Gasteiger partial charge < -0.3 is 28.8 Å². The average molecular weight is 388 g/mol. The van der Waals surface area contributed by atoms with Gasteiger partial charge in [0.15, 0.2) is 23.0 Å². The van der Waals surface area contributed by atoms with Crippen LogP contribution < -0.4 is 18.9 Å². The molecule has 2 aromatic carbocycles. The first-order valence-electron chi connectivity index (χ1n) is 9.27. The molecule has 0 aromatic heterocycles. The van der Waals surface area contributed by atoms with E-state index in [1.807, 2.05) is 24.3 Å². The van der Waals surface area contributed by atoms with Gasteiger partial charge in [-0.05, 0) is 47.2 Å². The summed E-state index contributed by atoms with van der Waals surface area (Å²) in [5.41, 5.74) is 1.95. The second kappa shape index (κ2) is 8.19. The maximum atomic E-state index is 9.88. The first-order chi connectivity index (χ1) is 13.4. The third-order valence-electron chi connectivity index (χ3n) is 5.63. The molecule has 28 heavy (non-hydrogen) atoms. The van der Waals surface area contributed by atoms with Crippen molar-refractivity contribution in [2.24, 2.45) is 11.8 Å². The van der Waals surface area contributed by atoms with Crippen molar-refractivity contribution >= 4 is 0 Å². The van der Waals surface area contributed by atoms with Crippen molar-refractivity contribution in [1.82, 2.24) is 0 Å². The summed E-state index contributed by atoms with van der Waals surface area (Å²) < 4.78 is 28.1. The Morgan fingerprint density at radius 1 is 0.714 bits per heavy atom. The molecule has 1 N–H and O–H groups in total. The maximum Gasteiger partial charge on any atom is 0.203 e. The number of methoxy groups -OCH3 is 4. The topological polar surface area (TPSA) is 66.4 Å². The van der Waals surface area contributed by atoms with E-state index < -0.39 is 0 Å². The number of ether oxygens (including phenoxy) is 5. The van der Waals surface area contributed by atoms with Crippen LogP contribution in [0.3, 0.4) is 0 Å². The molecular weight excluding hydrogens is 360 g/mol. The largest absolute Gasteiger partial charge is 0.504 e. The molecule has 152 valence electrons. The monoisotopic (exact) mass is 388 g/mol. The van der Waals surface area contributed by atoms with Gasteiger partial charge in [-0.25, -0.2) is 0 Å². The fourth-order valence-electron chi connectivity index (χ4n) is 3.86. The Morgan fingerprint density at radius 3 is 1.71 bits per heavy atom. The molecule has 0 radical (unpaired) electrons. The van der Waals surface area contributed by atoms with Crippen LogP contribution in [0.2, 0.25) is 0 Å². The van der Waals surface area contributed by atoms with Crippen molar-refractivity contribution in [3.05, 3.63) is 41.5 Å². The van der Waals surface area contributed by atoms with E-state index in [2.05, 4.69) is 13.8 Å². The van der Waals surface area contributed by atoms with Gasteiger partial charge in [-0.15, -0.1) is 0 Å². The smallest absolute Gasteiger partial charge is 0.203 e. The summed E-state index contributed by atoms with van der Waals surface area (Å²) in [6.45, 7) is 4.35. The molecule has 0 aliphatic carbocycles. The molecule has 4 atom stereocenters. The van der Waals surface area contributed by atoms with Crippen LogP contribution in [-0.2, 0) is 4.74 Å². The van der Waals surface area contributed by atoms with E-state index in [9.17, 15) is 5.11 Å². The molecule has 0 amide bonds. The molecule has 1 heterocycles. The number of phenolic OH excluding ortho intramolecular Hbond substituents is 1. The summed E-state index contributed by atoms with van der Waals surface area (Å²) in [6, 6.07) is 9.23. The van der Waals surface area contributed by atoms with E-state index in [1.165, 1.54) is 0 Å². The molecule has 1 aliphatic heterocycles. The number of hydrogen-bond acceptors (Lipinski definition) is 6. The van der Waals surface area contributed by atoms with Gasteiger partial charge in [0, 0.05) is 0 Å². The van der Waals surface area contributed by atoms with Gasteiger partial charge in [-0.3, -0.25) is 0 Å². The Labute approximate surface area is 165 Å². The molecule has 1 saturated heterocycles. The second-order valence-electron chi connectivity index (χ2n) is 7.09. The zero-order valence-electron chi connectivity index (χ0n) is 17.2. The predicted molar refractivity (Wildman–Crippen MR) is 106 cm³/mol. The van der Waals surface area contributed by atoms with Gasteiger partial charge >= 0.3 is 0 Å². The average Bonchev–Trinajstić information content (AvgIpc) is 3.02. The lowest BCUT2D eigenvalue weighted by molar-refractivity contribution is 0.0286. The highest BCUT2D eigenvalue weighted by Gasteiger charge is 2.41. The van der Waals surface area contributed by atoms with Crippen molar-refractivity contribution in [2.75, 3.05) is 28.4 Å². The van der Waals surface area contributed by atoms with Crippen LogP contribution in [0, 0.1) is 11.8 Å². The molecule has 6 nitrogen and oxygen atoms in total. The van der Waals surface area contributed by atoms with Crippen molar-refractivity contribution in [1.29, 1.82) is 0 Å². The molecule has 1 fully saturated rings. The highest BCUT2D eigenvalue weighted by atomic mass is 16.5. The van der Waals surface area contributed by atoms with E-state index in [4.69, 9.17) is 23.7 Å². The summed E-state index contributed by atoms with van der Waals surface area (Å²) >= 11 is 0.